The Morgan fingerprint density at radius 3 is 2.43 bits per heavy atom. The smallest absolute Gasteiger partial charge is 0.419 e. The summed E-state index contributed by atoms with van der Waals surface area (Å²) < 4.78 is 44.2. The summed E-state index contributed by atoms with van der Waals surface area (Å²) in [5.74, 6) is -0.778. The van der Waals surface area contributed by atoms with Gasteiger partial charge < -0.3 is 10.1 Å². The first-order valence-electron chi connectivity index (χ1n) is 10.8. The van der Waals surface area contributed by atoms with Gasteiger partial charge in [-0.2, -0.15) is 18.3 Å². The molecular weight excluding hydrogens is 479 g/mol. The normalized spacial score (nSPS) is 17.8. The molecule has 0 saturated carbocycles. The Bertz CT molecular complexity index is 1250. The van der Waals surface area contributed by atoms with Gasteiger partial charge in [-0.3, -0.25) is 9.80 Å². The number of carbonyl (C=O) groups is 1. The summed E-state index contributed by atoms with van der Waals surface area (Å²) in [6, 6.07) is 20.5. The molecule has 1 atom stereocenters. The minimum Gasteiger partial charge on any atom is -0.496 e. The molecule has 0 saturated heterocycles. The molecule has 4 rings (SSSR count). The molecule has 1 aliphatic rings. The van der Waals surface area contributed by atoms with Gasteiger partial charge in [-0.25, -0.2) is 0 Å². The quantitative estimate of drug-likeness (QED) is 0.452. The largest absolute Gasteiger partial charge is 0.496 e. The van der Waals surface area contributed by atoms with E-state index < -0.39 is 23.1 Å². The summed E-state index contributed by atoms with van der Waals surface area (Å²) in [6.45, 7) is 2.43. The van der Waals surface area contributed by atoms with Crippen LogP contribution in [0.15, 0.2) is 77.9 Å². The fraction of sp³-hybridized carbons (Fsp3) is 0.231. The van der Waals surface area contributed by atoms with Gasteiger partial charge in [0.05, 0.1) is 30.3 Å². The fourth-order valence-corrected chi connectivity index (χ4v) is 4.33. The molecule has 182 valence electrons. The molecule has 1 amide bonds. The van der Waals surface area contributed by atoms with Gasteiger partial charge in [-0.1, -0.05) is 54.1 Å². The molecule has 0 fully saturated rings. The van der Waals surface area contributed by atoms with Crippen molar-refractivity contribution in [1.29, 1.82) is 0 Å². The minimum atomic E-state index is -4.56. The maximum absolute atomic E-state index is 13.1. The number of hydrazone groups is 1. The number of anilines is 1. The van der Waals surface area contributed by atoms with E-state index in [-0.39, 0.29) is 18.0 Å². The second-order valence-electron chi connectivity index (χ2n) is 8.44. The van der Waals surface area contributed by atoms with Gasteiger partial charge in [0.1, 0.15) is 12.3 Å². The monoisotopic (exact) mass is 501 g/mol. The number of nitrogens with one attached hydrogen (secondary N) is 1. The number of alkyl halides is 3. The minimum absolute atomic E-state index is 0.0805. The Balaban J connectivity index is 1.56. The van der Waals surface area contributed by atoms with Gasteiger partial charge in [-0.15, -0.1) is 0 Å². The van der Waals surface area contributed by atoms with Crippen LogP contribution >= 0.6 is 11.6 Å². The van der Waals surface area contributed by atoms with Crippen LogP contribution in [0.4, 0.5) is 18.9 Å². The fourth-order valence-electron chi connectivity index (χ4n) is 4.21. The molecule has 0 spiro atoms. The lowest BCUT2D eigenvalue weighted by Crippen LogP contribution is -2.38. The van der Waals surface area contributed by atoms with Crippen LogP contribution in [0.1, 0.15) is 23.6 Å². The second-order valence-corrected chi connectivity index (χ2v) is 8.87. The van der Waals surface area contributed by atoms with Gasteiger partial charge in [0.25, 0.3) is 0 Å². The molecule has 5 nitrogen and oxygen atoms in total. The van der Waals surface area contributed by atoms with Crippen molar-refractivity contribution in [3.8, 4) is 5.75 Å². The highest BCUT2D eigenvalue weighted by Gasteiger charge is 2.41. The van der Waals surface area contributed by atoms with E-state index in [1.54, 1.807) is 17.1 Å². The molecule has 3 aromatic rings. The summed E-state index contributed by atoms with van der Waals surface area (Å²) in [6.07, 6.45) is -4.56. The van der Waals surface area contributed by atoms with E-state index in [4.69, 9.17) is 21.4 Å². The highest BCUT2D eigenvalue weighted by atomic mass is 35.5. The molecule has 0 aliphatic carbocycles. The molecule has 0 aromatic heterocycles. The van der Waals surface area contributed by atoms with E-state index in [1.807, 2.05) is 42.5 Å². The first-order valence-corrected chi connectivity index (χ1v) is 11.2. The summed E-state index contributed by atoms with van der Waals surface area (Å²) in [4.78, 5) is 12.8. The Morgan fingerprint density at radius 1 is 1.11 bits per heavy atom. The van der Waals surface area contributed by atoms with Crippen LogP contribution in [0, 0.1) is 0 Å². The molecule has 1 N–H and O–H groups in total. The summed E-state index contributed by atoms with van der Waals surface area (Å²) >= 11 is 6.06. The highest BCUT2D eigenvalue weighted by molar-refractivity contribution is 6.30. The van der Waals surface area contributed by atoms with Crippen LogP contribution in [-0.4, -0.2) is 36.8 Å². The molecule has 1 heterocycles. The number of ether oxygens (including phenoxy) is 1. The van der Waals surface area contributed by atoms with Gasteiger partial charge in [0, 0.05) is 16.8 Å². The van der Waals surface area contributed by atoms with Crippen molar-refractivity contribution in [3.63, 3.8) is 0 Å². The maximum Gasteiger partial charge on any atom is 0.419 e. The first-order chi connectivity index (χ1) is 16.6. The number of nitrogens with zero attached hydrogens (tertiary/aromatic N) is 2. The number of hydrogen-bond donors (Lipinski definition) is 1. The lowest BCUT2D eigenvalue weighted by atomic mass is 9.76. The van der Waals surface area contributed by atoms with Gasteiger partial charge in [0.15, 0.2) is 0 Å². The highest BCUT2D eigenvalue weighted by Crippen LogP contribution is 2.38. The van der Waals surface area contributed by atoms with Gasteiger partial charge >= 0.3 is 6.18 Å². The van der Waals surface area contributed by atoms with Crippen LogP contribution in [0.5, 0.6) is 5.75 Å². The third kappa shape index (κ3) is 5.27. The van der Waals surface area contributed by atoms with E-state index in [1.165, 1.54) is 6.07 Å². The summed E-state index contributed by atoms with van der Waals surface area (Å²) in [5, 5.41) is 9.66. The predicted molar refractivity (Wildman–Crippen MR) is 130 cm³/mol. The molecule has 1 unspecified atom stereocenters. The molecule has 35 heavy (non-hydrogen) atoms. The molecule has 9 heteroatoms. The van der Waals surface area contributed by atoms with E-state index in [2.05, 4.69) is 12.2 Å². The number of amides is 1. The predicted octanol–water partition coefficient (Wildman–Crippen LogP) is 5.98. The van der Waals surface area contributed by atoms with E-state index >= 15 is 0 Å². The lowest BCUT2D eigenvalue weighted by molar-refractivity contribution is -0.138. The number of benzene rings is 3. The maximum atomic E-state index is 13.1. The van der Waals surface area contributed by atoms with Gasteiger partial charge in [0.2, 0.25) is 5.91 Å². The zero-order valence-electron chi connectivity index (χ0n) is 19.1. The Kier molecular flexibility index (Phi) is 6.76. The number of methoxy groups -OCH3 is 1. The number of carbonyl (C=O) groups excluding carboxylic acids is 1. The summed E-state index contributed by atoms with van der Waals surface area (Å²) in [7, 11) is 1.15. The standard InChI is InChI=1S/C26H23ClF3N3O2/c1-25(18-6-4-3-5-7-18)16-33(32-24(25)17-8-10-19(27)11-9-17)15-23(34)31-20-12-13-21(26(28,29)30)22(14-20)35-2/h3-14H,15-16H2,1-2H3,(H,31,34). The molecular formula is C26H23ClF3N3O2. The van der Waals surface area contributed by atoms with Crippen molar-refractivity contribution in [2.45, 2.75) is 18.5 Å². The molecule has 3 aromatic carbocycles. The SMILES string of the molecule is COc1cc(NC(=O)CN2CC(C)(c3ccccc3)C(c3ccc(Cl)cc3)=N2)ccc1C(F)(F)F. The number of halogens is 4. The molecule has 0 bridgehead atoms. The zero-order valence-corrected chi connectivity index (χ0v) is 19.8. The Labute approximate surface area is 206 Å². The van der Waals surface area contributed by atoms with Crippen LogP contribution in [-0.2, 0) is 16.4 Å². The van der Waals surface area contributed by atoms with Crippen molar-refractivity contribution >= 4 is 28.9 Å². The van der Waals surface area contributed by atoms with Crippen molar-refractivity contribution in [3.05, 3.63) is 94.5 Å². The molecule has 1 aliphatic heterocycles. The Morgan fingerprint density at radius 2 is 1.80 bits per heavy atom. The van der Waals surface area contributed by atoms with Crippen molar-refractivity contribution < 1.29 is 22.7 Å². The topological polar surface area (TPSA) is 53.9 Å². The van der Waals surface area contributed by atoms with E-state index in [9.17, 15) is 18.0 Å². The van der Waals surface area contributed by atoms with Crippen LogP contribution in [0.25, 0.3) is 0 Å². The molecule has 0 radical (unpaired) electrons. The number of hydrogen-bond acceptors (Lipinski definition) is 4. The zero-order chi connectivity index (χ0) is 25.2. The van der Waals surface area contributed by atoms with E-state index in [0.29, 0.717) is 11.6 Å². The lowest BCUT2D eigenvalue weighted by Gasteiger charge is -2.27. The van der Waals surface area contributed by atoms with Crippen LogP contribution in [0.2, 0.25) is 5.02 Å². The number of rotatable bonds is 6. The van der Waals surface area contributed by atoms with Crippen LogP contribution in [0.3, 0.4) is 0 Å². The van der Waals surface area contributed by atoms with Crippen molar-refractivity contribution in [2.75, 3.05) is 25.5 Å². The average Bonchev–Trinajstić information content (AvgIpc) is 3.16. The average molecular weight is 502 g/mol. The third-order valence-corrected chi connectivity index (χ3v) is 6.16. The van der Waals surface area contributed by atoms with E-state index in [0.717, 1.165) is 36.1 Å². The second kappa shape index (κ2) is 9.62. The van der Waals surface area contributed by atoms with Crippen molar-refractivity contribution in [1.82, 2.24) is 5.01 Å². The Hall–Kier alpha value is -3.52. The van der Waals surface area contributed by atoms with Gasteiger partial charge in [-0.05, 0) is 42.3 Å². The van der Waals surface area contributed by atoms with Crippen molar-refractivity contribution in [2.24, 2.45) is 5.10 Å². The summed E-state index contributed by atoms with van der Waals surface area (Å²) in [5.41, 5.74) is 1.53. The first kappa shape index (κ1) is 24.6. The third-order valence-electron chi connectivity index (χ3n) is 5.91. The van der Waals surface area contributed by atoms with Crippen LogP contribution < -0.4 is 10.1 Å².